The standard InChI is InChI=1S/C26H32N4O5/c1-4-33-20-7-6-18(15-21(20)34-5-2)23-19(16-27)25(28)35-22-14-17(3)30(26(31)24(22)23)9-8-29-10-12-32-13-11-29/h6-7,14-15,23H,4-5,8-13,28H2,1-3H3/t23-/m0/s1. The van der Waals surface area contributed by atoms with Crippen molar-refractivity contribution < 1.29 is 18.9 Å². The molecule has 4 rings (SSSR count). The van der Waals surface area contributed by atoms with Gasteiger partial charge >= 0.3 is 0 Å². The molecule has 2 aliphatic rings. The van der Waals surface area contributed by atoms with E-state index >= 15 is 0 Å². The third-order valence-corrected chi connectivity index (χ3v) is 6.33. The Morgan fingerprint density at radius 3 is 2.51 bits per heavy atom. The highest BCUT2D eigenvalue weighted by molar-refractivity contribution is 5.57. The molecule has 1 atom stereocenters. The van der Waals surface area contributed by atoms with Gasteiger partial charge in [-0.25, -0.2) is 0 Å². The van der Waals surface area contributed by atoms with Crippen molar-refractivity contribution in [1.29, 1.82) is 5.26 Å². The Kier molecular flexibility index (Phi) is 7.63. The Hall–Kier alpha value is -3.48. The molecule has 9 nitrogen and oxygen atoms in total. The molecule has 0 radical (unpaired) electrons. The van der Waals surface area contributed by atoms with Gasteiger partial charge < -0.3 is 29.2 Å². The maximum absolute atomic E-state index is 13.9. The maximum Gasteiger partial charge on any atom is 0.258 e. The van der Waals surface area contributed by atoms with Crippen LogP contribution >= 0.6 is 0 Å². The maximum atomic E-state index is 13.9. The lowest BCUT2D eigenvalue weighted by molar-refractivity contribution is 0.0362. The second-order valence-corrected chi connectivity index (χ2v) is 8.47. The van der Waals surface area contributed by atoms with Gasteiger partial charge in [0.25, 0.3) is 5.56 Å². The minimum absolute atomic E-state index is 0.00158. The molecule has 1 aromatic carbocycles. The molecular formula is C26H32N4O5. The van der Waals surface area contributed by atoms with Gasteiger partial charge in [0, 0.05) is 37.9 Å². The highest BCUT2D eigenvalue weighted by atomic mass is 16.5. The van der Waals surface area contributed by atoms with E-state index in [1.54, 1.807) is 10.6 Å². The van der Waals surface area contributed by atoms with E-state index in [0.29, 0.717) is 61.3 Å². The first kappa shape index (κ1) is 24.6. The molecule has 1 aromatic heterocycles. The van der Waals surface area contributed by atoms with Gasteiger partial charge in [0.2, 0.25) is 5.88 Å². The fourth-order valence-corrected chi connectivity index (χ4v) is 4.61. The van der Waals surface area contributed by atoms with Crippen molar-refractivity contribution in [2.24, 2.45) is 5.73 Å². The van der Waals surface area contributed by atoms with E-state index in [2.05, 4.69) is 11.0 Å². The lowest BCUT2D eigenvalue weighted by atomic mass is 9.84. The average molecular weight is 481 g/mol. The van der Waals surface area contributed by atoms with E-state index in [-0.39, 0.29) is 17.0 Å². The van der Waals surface area contributed by atoms with Crippen LogP contribution in [0.25, 0.3) is 0 Å². The molecule has 3 heterocycles. The van der Waals surface area contributed by atoms with E-state index in [4.69, 9.17) is 24.7 Å². The highest BCUT2D eigenvalue weighted by Gasteiger charge is 2.35. The molecule has 0 bridgehead atoms. The van der Waals surface area contributed by atoms with Gasteiger partial charge in [0.1, 0.15) is 17.4 Å². The van der Waals surface area contributed by atoms with E-state index in [9.17, 15) is 10.1 Å². The quantitative estimate of drug-likeness (QED) is 0.613. The molecule has 2 aliphatic heterocycles. The van der Waals surface area contributed by atoms with Crippen LogP contribution in [0, 0.1) is 18.3 Å². The van der Waals surface area contributed by atoms with Crippen LogP contribution < -0.4 is 25.5 Å². The lowest BCUT2D eigenvalue weighted by Gasteiger charge is -2.29. The largest absolute Gasteiger partial charge is 0.490 e. The first-order valence-corrected chi connectivity index (χ1v) is 12.0. The monoisotopic (exact) mass is 480 g/mol. The van der Waals surface area contributed by atoms with Crippen molar-refractivity contribution in [3.05, 3.63) is 62.9 Å². The summed E-state index contributed by atoms with van der Waals surface area (Å²) < 4.78 is 24.4. The number of rotatable bonds is 8. The van der Waals surface area contributed by atoms with Crippen molar-refractivity contribution in [1.82, 2.24) is 9.47 Å². The van der Waals surface area contributed by atoms with Crippen LogP contribution in [-0.2, 0) is 11.3 Å². The normalized spacial score (nSPS) is 17.9. The summed E-state index contributed by atoms with van der Waals surface area (Å²) in [6, 6.07) is 9.45. The first-order valence-electron chi connectivity index (χ1n) is 12.0. The molecule has 0 unspecified atom stereocenters. The van der Waals surface area contributed by atoms with Gasteiger partial charge in [-0.15, -0.1) is 0 Å². The number of fused-ring (bicyclic) bond motifs is 1. The van der Waals surface area contributed by atoms with Gasteiger partial charge in [0.15, 0.2) is 11.5 Å². The summed E-state index contributed by atoms with van der Waals surface area (Å²) in [7, 11) is 0. The average Bonchev–Trinajstić information content (AvgIpc) is 2.85. The molecule has 0 saturated carbocycles. The smallest absolute Gasteiger partial charge is 0.258 e. The Labute approximate surface area is 205 Å². The molecule has 0 amide bonds. The van der Waals surface area contributed by atoms with Gasteiger partial charge in [-0.1, -0.05) is 6.07 Å². The molecule has 35 heavy (non-hydrogen) atoms. The van der Waals surface area contributed by atoms with Crippen molar-refractivity contribution in [3.63, 3.8) is 0 Å². The second kappa shape index (κ2) is 10.8. The Balaban J connectivity index is 1.79. The Morgan fingerprint density at radius 2 is 1.83 bits per heavy atom. The van der Waals surface area contributed by atoms with Crippen LogP contribution in [0.1, 0.15) is 36.6 Å². The number of nitriles is 1. The number of hydrogen-bond acceptors (Lipinski definition) is 8. The van der Waals surface area contributed by atoms with Crippen LogP contribution in [0.5, 0.6) is 17.2 Å². The summed E-state index contributed by atoms with van der Waals surface area (Å²) in [5.74, 6) is 0.856. The van der Waals surface area contributed by atoms with Crippen LogP contribution in [0.4, 0.5) is 0 Å². The minimum Gasteiger partial charge on any atom is -0.490 e. The highest BCUT2D eigenvalue weighted by Crippen LogP contribution is 2.42. The Morgan fingerprint density at radius 1 is 1.11 bits per heavy atom. The molecule has 0 spiro atoms. The zero-order valence-corrected chi connectivity index (χ0v) is 20.5. The summed E-state index contributed by atoms with van der Waals surface area (Å²) in [5, 5.41) is 9.97. The number of pyridine rings is 1. The second-order valence-electron chi connectivity index (χ2n) is 8.47. The number of aromatic nitrogens is 1. The molecule has 9 heteroatoms. The fraction of sp³-hybridized carbons (Fsp3) is 0.462. The van der Waals surface area contributed by atoms with Crippen molar-refractivity contribution in [3.8, 4) is 23.3 Å². The summed E-state index contributed by atoms with van der Waals surface area (Å²) in [5.41, 5.74) is 8.04. The Bertz CT molecular complexity index is 1210. The number of ether oxygens (including phenoxy) is 4. The van der Waals surface area contributed by atoms with Gasteiger partial charge in [0.05, 0.1) is 37.9 Å². The lowest BCUT2D eigenvalue weighted by Crippen LogP contribution is -2.40. The number of benzene rings is 1. The predicted molar refractivity (Wildman–Crippen MR) is 131 cm³/mol. The van der Waals surface area contributed by atoms with Gasteiger partial charge in [-0.3, -0.25) is 9.69 Å². The van der Waals surface area contributed by atoms with Crippen molar-refractivity contribution >= 4 is 0 Å². The number of nitrogens with two attached hydrogens (primary N) is 1. The number of allylic oxidation sites excluding steroid dienone is 1. The van der Waals surface area contributed by atoms with Crippen LogP contribution in [0.15, 0.2) is 40.5 Å². The van der Waals surface area contributed by atoms with E-state index in [1.807, 2.05) is 39.0 Å². The molecule has 186 valence electrons. The van der Waals surface area contributed by atoms with E-state index in [0.717, 1.165) is 25.3 Å². The van der Waals surface area contributed by atoms with Crippen LogP contribution in [-0.4, -0.2) is 55.5 Å². The third-order valence-electron chi connectivity index (χ3n) is 6.33. The van der Waals surface area contributed by atoms with E-state index in [1.165, 1.54) is 0 Å². The predicted octanol–water partition coefficient (Wildman–Crippen LogP) is 2.50. The van der Waals surface area contributed by atoms with Gasteiger partial charge in [-0.05, 0) is 38.5 Å². The summed E-state index contributed by atoms with van der Waals surface area (Å²) in [6.07, 6.45) is 0. The summed E-state index contributed by atoms with van der Waals surface area (Å²) in [6.45, 7) is 10.9. The first-order chi connectivity index (χ1) is 17.0. The molecule has 2 N–H and O–H groups in total. The molecule has 2 aromatic rings. The van der Waals surface area contributed by atoms with Crippen molar-refractivity contribution in [2.45, 2.75) is 33.2 Å². The number of hydrogen-bond donors (Lipinski definition) is 1. The number of morpholine rings is 1. The molecule has 0 aliphatic carbocycles. The molecular weight excluding hydrogens is 448 g/mol. The van der Waals surface area contributed by atoms with Gasteiger partial charge in [-0.2, -0.15) is 5.26 Å². The SMILES string of the molecule is CCOc1ccc([C@H]2C(C#N)=C(N)Oc3cc(C)n(CCN4CCOCC4)c(=O)c32)cc1OCC. The van der Waals surface area contributed by atoms with E-state index < -0.39 is 5.92 Å². The topological polar surface area (TPSA) is 112 Å². The summed E-state index contributed by atoms with van der Waals surface area (Å²) in [4.78, 5) is 16.1. The zero-order valence-electron chi connectivity index (χ0n) is 20.5. The number of nitrogens with zero attached hydrogens (tertiary/aromatic N) is 3. The number of aryl methyl sites for hydroxylation is 1. The van der Waals surface area contributed by atoms with Crippen molar-refractivity contribution in [2.75, 3.05) is 46.1 Å². The fourth-order valence-electron chi connectivity index (χ4n) is 4.61. The third kappa shape index (κ3) is 4.99. The van der Waals surface area contributed by atoms with Crippen LogP contribution in [0.3, 0.4) is 0 Å². The minimum atomic E-state index is -0.679. The zero-order chi connectivity index (χ0) is 24.9. The summed E-state index contributed by atoms with van der Waals surface area (Å²) >= 11 is 0. The molecule has 1 saturated heterocycles. The molecule has 1 fully saturated rings. The van der Waals surface area contributed by atoms with Crippen LogP contribution in [0.2, 0.25) is 0 Å².